The van der Waals surface area contributed by atoms with Gasteiger partial charge in [0, 0.05) is 30.6 Å². The number of hydrogen-bond donors (Lipinski definition) is 0. The van der Waals surface area contributed by atoms with Gasteiger partial charge in [-0.1, -0.05) is 41.9 Å². The van der Waals surface area contributed by atoms with E-state index in [1.54, 1.807) is 17.0 Å². The summed E-state index contributed by atoms with van der Waals surface area (Å²) in [7, 11) is 0. The van der Waals surface area contributed by atoms with Crippen molar-refractivity contribution in [3.63, 3.8) is 0 Å². The molecule has 0 aliphatic rings. The molecule has 6 heteroatoms. The molecular weight excluding hydrogens is 366 g/mol. The molecule has 1 heterocycles. The standard InChI is InChI=1S/C21H20ClNO4/c1-3-23(12-15-7-5-4-6-8-15)20(24)13-26-19-11-18-16(10-17(19)22)14(2)9-21(25)27-18/h4-11H,3,12-13H2,1-2H3. The highest BCUT2D eigenvalue weighted by Crippen LogP contribution is 2.31. The van der Waals surface area contributed by atoms with Crippen molar-refractivity contribution in [3.8, 4) is 5.75 Å². The van der Waals surface area contributed by atoms with Gasteiger partial charge in [0.2, 0.25) is 0 Å². The van der Waals surface area contributed by atoms with Crippen molar-refractivity contribution in [1.29, 1.82) is 0 Å². The molecule has 27 heavy (non-hydrogen) atoms. The van der Waals surface area contributed by atoms with E-state index in [1.807, 2.05) is 44.2 Å². The van der Waals surface area contributed by atoms with Crippen molar-refractivity contribution in [1.82, 2.24) is 4.90 Å². The summed E-state index contributed by atoms with van der Waals surface area (Å²) in [5.41, 5.74) is 1.76. The molecule has 140 valence electrons. The van der Waals surface area contributed by atoms with E-state index in [-0.39, 0.29) is 12.5 Å². The highest BCUT2D eigenvalue weighted by Gasteiger charge is 2.15. The number of ether oxygens (including phenoxy) is 1. The summed E-state index contributed by atoms with van der Waals surface area (Å²) in [6, 6.07) is 14.4. The number of benzene rings is 2. The third-order valence-corrected chi connectivity index (χ3v) is 4.60. The van der Waals surface area contributed by atoms with Crippen LogP contribution >= 0.6 is 11.6 Å². The molecule has 0 unspecified atom stereocenters. The molecule has 0 radical (unpaired) electrons. The minimum atomic E-state index is -0.440. The Morgan fingerprint density at radius 1 is 1.19 bits per heavy atom. The fraction of sp³-hybridized carbons (Fsp3) is 0.238. The van der Waals surface area contributed by atoms with Crippen molar-refractivity contribution in [2.24, 2.45) is 0 Å². The summed E-state index contributed by atoms with van der Waals surface area (Å²) in [5.74, 6) is 0.158. The predicted octanol–water partition coefficient (Wildman–Crippen LogP) is 4.18. The molecular formula is C21H20ClNO4. The zero-order valence-corrected chi connectivity index (χ0v) is 16.0. The molecule has 3 rings (SSSR count). The summed E-state index contributed by atoms with van der Waals surface area (Å²) in [4.78, 5) is 25.8. The number of hydrogen-bond acceptors (Lipinski definition) is 4. The summed E-state index contributed by atoms with van der Waals surface area (Å²) in [5, 5.41) is 1.09. The van der Waals surface area contributed by atoms with E-state index in [2.05, 4.69) is 0 Å². The Morgan fingerprint density at radius 3 is 2.63 bits per heavy atom. The lowest BCUT2D eigenvalue weighted by atomic mass is 10.1. The third kappa shape index (κ3) is 4.49. The van der Waals surface area contributed by atoms with Crippen LogP contribution in [0, 0.1) is 6.92 Å². The second kappa shape index (κ2) is 8.27. The smallest absolute Gasteiger partial charge is 0.336 e. The van der Waals surface area contributed by atoms with Crippen molar-refractivity contribution in [3.05, 3.63) is 75.1 Å². The molecule has 0 bridgehead atoms. The lowest BCUT2D eigenvalue weighted by molar-refractivity contribution is -0.133. The first kappa shape index (κ1) is 19.0. The molecule has 0 saturated carbocycles. The van der Waals surface area contributed by atoms with Gasteiger partial charge < -0.3 is 14.1 Å². The van der Waals surface area contributed by atoms with Crippen LogP contribution in [0.25, 0.3) is 11.0 Å². The Balaban J connectivity index is 1.74. The van der Waals surface area contributed by atoms with Gasteiger partial charge in [-0.3, -0.25) is 4.79 Å². The largest absolute Gasteiger partial charge is 0.482 e. The average Bonchev–Trinajstić information content (AvgIpc) is 2.65. The van der Waals surface area contributed by atoms with Gasteiger partial charge >= 0.3 is 5.63 Å². The van der Waals surface area contributed by atoms with Crippen LogP contribution in [0.3, 0.4) is 0 Å². The fourth-order valence-electron chi connectivity index (χ4n) is 2.84. The summed E-state index contributed by atoms with van der Waals surface area (Å²) in [6.07, 6.45) is 0. The van der Waals surface area contributed by atoms with Crippen LogP contribution in [0.1, 0.15) is 18.1 Å². The molecule has 0 aliphatic heterocycles. The Hall–Kier alpha value is -2.79. The zero-order chi connectivity index (χ0) is 19.4. The van der Waals surface area contributed by atoms with Crippen LogP contribution in [0.4, 0.5) is 0 Å². The number of fused-ring (bicyclic) bond motifs is 1. The van der Waals surface area contributed by atoms with Crippen molar-refractivity contribution in [2.45, 2.75) is 20.4 Å². The summed E-state index contributed by atoms with van der Waals surface area (Å²) < 4.78 is 10.8. The fourth-order valence-corrected chi connectivity index (χ4v) is 3.06. The van der Waals surface area contributed by atoms with Crippen molar-refractivity contribution in [2.75, 3.05) is 13.2 Å². The molecule has 5 nitrogen and oxygen atoms in total. The van der Waals surface area contributed by atoms with Gasteiger partial charge in [-0.25, -0.2) is 4.79 Å². The van der Waals surface area contributed by atoms with Gasteiger partial charge in [-0.05, 0) is 31.0 Å². The average molecular weight is 386 g/mol. The quantitative estimate of drug-likeness (QED) is 0.597. The Kier molecular flexibility index (Phi) is 5.81. The summed E-state index contributed by atoms with van der Waals surface area (Å²) >= 11 is 6.27. The maximum Gasteiger partial charge on any atom is 0.336 e. The van der Waals surface area contributed by atoms with Gasteiger partial charge in [0.05, 0.1) is 5.02 Å². The number of aryl methyl sites for hydroxylation is 1. The molecule has 0 atom stereocenters. The van der Waals surface area contributed by atoms with Crippen molar-refractivity contribution >= 4 is 28.5 Å². The second-order valence-electron chi connectivity index (χ2n) is 6.21. The van der Waals surface area contributed by atoms with Crippen LogP contribution in [0.2, 0.25) is 5.02 Å². The number of rotatable bonds is 6. The van der Waals surface area contributed by atoms with E-state index in [9.17, 15) is 9.59 Å². The molecule has 0 fully saturated rings. The minimum absolute atomic E-state index is 0.150. The van der Waals surface area contributed by atoms with Gasteiger partial charge in [0.15, 0.2) is 6.61 Å². The molecule has 0 aliphatic carbocycles. The molecule has 1 amide bonds. The lowest BCUT2D eigenvalue weighted by Gasteiger charge is -2.21. The molecule has 2 aromatic carbocycles. The normalized spacial score (nSPS) is 10.8. The number of carbonyl (C=O) groups excluding carboxylic acids is 1. The minimum Gasteiger partial charge on any atom is -0.482 e. The first-order valence-corrected chi connectivity index (χ1v) is 9.04. The number of carbonyl (C=O) groups is 1. The highest BCUT2D eigenvalue weighted by molar-refractivity contribution is 6.32. The zero-order valence-electron chi connectivity index (χ0n) is 15.2. The first-order chi connectivity index (χ1) is 13.0. The van der Waals surface area contributed by atoms with E-state index < -0.39 is 5.63 Å². The van der Waals surface area contributed by atoms with Gasteiger partial charge in [-0.15, -0.1) is 0 Å². The SMILES string of the molecule is CCN(Cc1ccccc1)C(=O)COc1cc2oc(=O)cc(C)c2cc1Cl. The second-order valence-corrected chi connectivity index (χ2v) is 6.62. The van der Waals surface area contributed by atoms with E-state index in [0.29, 0.717) is 29.4 Å². The van der Waals surface area contributed by atoms with Crippen LogP contribution in [-0.4, -0.2) is 24.0 Å². The number of nitrogens with zero attached hydrogens (tertiary/aromatic N) is 1. The molecule has 0 saturated heterocycles. The Labute approximate surface area is 162 Å². The van der Waals surface area contributed by atoms with E-state index in [4.69, 9.17) is 20.8 Å². The number of halogens is 1. The topological polar surface area (TPSA) is 59.8 Å². The number of amides is 1. The first-order valence-electron chi connectivity index (χ1n) is 8.66. The number of likely N-dealkylation sites (N-methyl/N-ethyl adjacent to an activating group) is 1. The van der Waals surface area contributed by atoms with Crippen molar-refractivity contribution < 1.29 is 13.9 Å². The van der Waals surface area contributed by atoms with Crippen LogP contribution in [0.5, 0.6) is 5.75 Å². The maximum absolute atomic E-state index is 12.5. The molecule has 3 aromatic rings. The van der Waals surface area contributed by atoms with Gasteiger partial charge in [0.1, 0.15) is 11.3 Å². The maximum atomic E-state index is 12.5. The highest BCUT2D eigenvalue weighted by atomic mass is 35.5. The molecule has 1 aromatic heterocycles. The third-order valence-electron chi connectivity index (χ3n) is 4.31. The monoisotopic (exact) mass is 385 g/mol. The predicted molar refractivity (Wildman–Crippen MR) is 105 cm³/mol. The van der Waals surface area contributed by atoms with Gasteiger partial charge in [-0.2, -0.15) is 0 Å². The summed E-state index contributed by atoms with van der Waals surface area (Å²) in [6.45, 7) is 4.65. The van der Waals surface area contributed by atoms with E-state index >= 15 is 0 Å². The van der Waals surface area contributed by atoms with Crippen LogP contribution < -0.4 is 10.4 Å². The van der Waals surface area contributed by atoms with E-state index in [1.165, 1.54) is 6.07 Å². The Bertz CT molecular complexity index is 1010. The molecule has 0 N–H and O–H groups in total. The van der Waals surface area contributed by atoms with Gasteiger partial charge in [0.25, 0.3) is 5.91 Å². The van der Waals surface area contributed by atoms with Crippen LogP contribution in [0.15, 0.2) is 57.7 Å². The Morgan fingerprint density at radius 2 is 1.93 bits per heavy atom. The van der Waals surface area contributed by atoms with E-state index in [0.717, 1.165) is 16.5 Å². The lowest BCUT2D eigenvalue weighted by Crippen LogP contribution is -2.34. The van der Waals surface area contributed by atoms with Crippen LogP contribution in [-0.2, 0) is 11.3 Å². The molecule has 0 spiro atoms.